The van der Waals surface area contributed by atoms with E-state index in [4.69, 9.17) is 5.11 Å². The van der Waals surface area contributed by atoms with E-state index in [1.165, 1.54) is 0 Å². The van der Waals surface area contributed by atoms with Gasteiger partial charge in [-0.15, -0.1) is 0 Å². The molecule has 2 unspecified atom stereocenters. The molecule has 1 aliphatic carbocycles. The summed E-state index contributed by atoms with van der Waals surface area (Å²) in [5, 5.41) is 14.4. The Labute approximate surface area is 108 Å². The zero-order valence-corrected chi connectivity index (χ0v) is 11.5. The number of aliphatic carboxylic acids is 1. The third kappa shape index (κ3) is 3.89. The summed E-state index contributed by atoms with van der Waals surface area (Å²) >= 11 is 0. The zero-order valence-electron chi connectivity index (χ0n) is 11.5. The number of carboxylic acid groups (broad SMARTS) is 1. The fourth-order valence-electron chi connectivity index (χ4n) is 1.98. The summed E-state index contributed by atoms with van der Waals surface area (Å²) in [4.78, 5) is 22.7. The van der Waals surface area contributed by atoms with Crippen LogP contribution in [0.5, 0.6) is 0 Å². The van der Waals surface area contributed by atoms with Gasteiger partial charge in [0.15, 0.2) is 0 Å². The molecule has 1 rings (SSSR count). The van der Waals surface area contributed by atoms with Gasteiger partial charge in [-0.25, -0.2) is 9.59 Å². The Hall–Kier alpha value is -1.26. The van der Waals surface area contributed by atoms with Gasteiger partial charge in [0.2, 0.25) is 0 Å². The van der Waals surface area contributed by atoms with Crippen LogP contribution in [0.4, 0.5) is 4.79 Å². The molecule has 3 N–H and O–H groups in total. The van der Waals surface area contributed by atoms with Crippen molar-refractivity contribution in [3.8, 4) is 0 Å². The van der Waals surface area contributed by atoms with Gasteiger partial charge in [-0.05, 0) is 30.6 Å². The molecule has 2 amide bonds. The largest absolute Gasteiger partial charge is 0.480 e. The second kappa shape index (κ2) is 6.07. The lowest BCUT2D eigenvalue weighted by Gasteiger charge is -2.21. The van der Waals surface area contributed by atoms with E-state index in [9.17, 15) is 9.59 Å². The van der Waals surface area contributed by atoms with Crippen molar-refractivity contribution in [1.29, 1.82) is 0 Å². The Kier molecular flexibility index (Phi) is 4.99. The summed E-state index contributed by atoms with van der Waals surface area (Å²) in [5.41, 5.74) is 0.270. The summed E-state index contributed by atoms with van der Waals surface area (Å²) in [6.45, 7) is 6.50. The van der Waals surface area contributed by atoms with E-state index >= 15 is 0 Å². The predicted molar refractivity (Wildman–Crippen MR) is 69.4 cm³/mol. The first-order valence-electron chi connectivity index (χ1n) is 6.71. The molecular weight excluding hydrogens is 232 g/mol. The Morgan fingerprint density at radius 2 is 1.94 bits per heavy atom. The summed E-state index contributed by atoms with van der Waals surface area (Å²) < 4.78 is 0. The average molecular weight is 256 g/mol. The highest BCUT2D eigenvalue weighted by Crippen LogP contribution is 2.47. The molecule has 0 heterocycles. The lowest BCUT2D eigenvalue weighted by molar-refractivity contribution is -0.140. The Morgan fingerprint density at radius 1 is 1.33 bits per heavy atom. The summed E-state index contributed by atoms with van der Waals surface area (Å²) in [6.07, 6.45) is 4.08. The van der Waals surface area contributed by atoms with E-state index in [0.717, 1.165) is 25.7 Å². The highest BCUT2D eigenvalue weighted by Gasteiger charge is 2.40. The zero-order chi connectivity index (χ0) is 13.8. The van der Waals surface area contributed by atoms with Crippen LogP contribution in [0.25, 0.3) is 0 Å². The minimum absolute atomic E-state index is 0.0747. The van der Waals surface area contributed by atoms with Gasteiger partial charge in [0.25, 0.3) is 0 Å². The van der Waals surface area contributed by atoms with Crippen molar-refractivity contribution < 1.29 is 14.7 Å². The SMILES string of the molecule is CCC(C)C(NC(=O)NCC1(CC)CC1)C(=O)O. The first-order chi connectivity index (χ1) is 8.44. The van der Waals surface area contributed by atoms with Gasteiger partial charge >= 0.3 is 12.0 Å². The molecule has 0 aliphatic heterocycles. The van der Waals surface area contributed by atoms with Crippen LogP contribution in [-0.2, 0) is 4.79 Å². The molecule has 0 spiro atoms. The van der Waals surface area contributed by atoms with Gasteiger partial charge in [-0.3, -0.25) is 0 Å². The van der Waals surface area contributed by atoms with E-state index in [1.54, 1.807) is 0 Å². The van der Waals surface area contributed by atoms with Gasteiger partial charge in [0.05, 0.1) is 0 Å². The average Bonchev–Trinajstić information content (AvgIpc) is 3.13. The molecule has 18 heavy (non-hydrogen) atoms. The van der Waals surface area contributed by atoms with Crippen LogP contribution in [0.3, 0.4) is 0 Å². The number of rotatable bonds is 7. The molecule has 0 aromatic heterocycles. The molecular formula is C13H24N2O3. The monoisotopic (exact) mass is 256 g/mol. The van der Waals surface area contributed by atoms with E-state index in [2.05, 4.69) is 17.6 Å². The number of amides is 2. The van der Waals surface area contributed by atoms with Crippen LogP contribution in [0, 0.1) is 11.3 Å². The van der Waals surface area contributed by atoms with Gasteiger partial charge in [0, 0.05) is 6.54 Å². The number of nitrogens with one attached hydrogen (secondary N) is 2. The number of urea groups is 1. The first kappa shape index (κ1) is 14.8. The fraction of sp³-hybridized carbons (Fsp3) is 0.846. The predicted octanol–water partition coefficient (Wildman–Crippen LogP) is 1.98. The molecule has 2 atom stereocenters. The Bertz CT molecular complexity index is 313. The molecule has 5 heteroatoms. The summed E-state index contributed by atoms with van der Waals surface area (Å²) in [5.74, 6) is -1.05. The van der Waals surface area contributed by atoms with Crippen LogP contribution in [0.15, 0.2) is 0 Å². The van der Waals surface area contributed by atoms with Crippen molar-refractivity contribution in [3.63, 3.8) is 0 Å². The molecule has 104 valence electrons. The van der Waals surface area contributed by atoms with Crippen LogP contribution in [0.2, 0.25) is 0 Å². The standard InChI is InChI=1S/C13H24N2O3/c1-4-9(3)10(11(16)17)15-12(18)14-8-13(5-2)6-7-13/h9-10H,4-8H2,1-3H3,(H,16,17)(H2,14,15,18). The summed E-state index contributed by atoms with van der Waals surface area (Å²) in [7, 11) is 0. The maximum Gasteiger partial charge on any atom is 0.326 e. The maximum absolute atomic E-state index is 11.7. The lowest BCUT2D eigenvalue weighted by atomic mass is 9.99. The van der Waals surface area contributed by atoms with Crippen molar-refractivity contribution in [3.05, 3.63) is 0 Å². The third-order valence-electron chi connectivity index (χ3n) is 4.10. The third-order valence-corrected chi connectivity index (χ3v) is 4.10. The molecule has 0 aromatic carbocycles. The molecule has 1 aliphatic rings. The van der Waals surface area contributed by atoms with Crippen LogP contribution < -0.4 is 10.6 Å². The quantitative estimate of drug-likeness (QED) is 0.651. The molecule has 0 aromatic rings. The molecule has 1 fully saturated rings. The van der Waals surface area contributed by atoms with Crippen molar-refractivity contribution >= 4 is 12.0 Å². The molecule has 0 bridgehead atoms. The minimum Gasteiger partial charge on any atom is -0.480 e. The fourth-order valence-corrected chi connectivity index (χ4v) is 1.98. The smallest absolute Gasteiger partial charge is 0.326 e. The number of hydrogen-bond acceptors (Lipinski definition) is 2. The van der Waals surface area contributed by atoms with Crippen molar-refractivity contribution in [2.75, 3.05) is 6.54 Å². The van der Waals surface area contributed by atoms with Crippen molar-refractivity contribution in [2.24, 2.45) is 11.3 Å². The first-order valence-corrected chi connectivity index (χ1v) is 6.71. The number of carbonyl (C=O) groups excluding carboxylic acids is 1. The van der Waals surface area contributed by atoms with Gasteiger partial charge in [-0.1, -0.05) is 27.2 Å². The molecule has 1 saturated carbocycles. The second-order valence-corrected chi connectivity index (χ2v) is 5.38. The Morgan fingerprint density at radius 3 is 2.33 bits per heavy atom. The maximum atomic E-state index is 11.7. The molecule has 5 nitrogen and oxygen atoms in total. The van der Waals surface area contributed by atoms with E-state index in [-0.39, 0.29) is 17.4 Å². The molecule has 0 radical (unpaired) electrons. The van der Waals surface area contributed by atoms with Crippen molar-refractivity contribution in [1.82, 2.24) is 10.6 Å². The number of carboxylic acids is 1. The topological polar surface area (TPSA) is 78.4 Å². The summed E-state index contributed by atoms with van der Waals surface area (Å²) in [6, 6.07) is -1.19. The van der Waals surface area contributed by atoms with E-state index < -0.39 is 12.0 Å². The van der Waals surface area contributed by atoms with Crippen molar-refractivity contribution in [2.45, 2.75) is 52.5 Å². The van der Waals surface area contributed by atoms with Crippen LogP contribution in [0.1, 0.15) is 46.5 Å². The molecule has 0 saturated heterocycles. The van der Waals surface area contributed by atoms with Crippen LogP contribution in [-0.4, -0.2) is 29.7 Å². The van der Waals surface area contributed by atoms with Gasteiger partial charge < -0.3 is 15.7 Å². The lowest BCUT2D eigenvalue weighted by Crippen LogP contribution is -2.50. The highest BCUT2D eigenvalue weighted by atomic mass is 16.4. The normalized spacial score (nSPS) is 19.7. The van der Waals surface area contributed by atoms with E-state index in [1.807, 2.05) is 13.8 Å². The van der Waals surface area contributed by atoms with Gasteiger partial charge in [-0.2, -0.15) is 0 Å². The number of carbonyl (C=O) groups is 2. The Balaban J connectivity index is 2.39. The highest BCUT2D eigenvalue weighted by molar-refractivity contribution is 5.82. The number of hydrogen-bond donors (Lipinski definition) is 3. The second-order valence-electron chi connectivity index (χ2n) is 5.38. The van der Waals surface area contributed by atoms with Crippen LogP contribution >= 0.6 is 0 Å². The minimum atomic E-state index is -0.976. The van der Waals surface area contributed by atoms with Gasteiger partial charge in [0.1, 0.15) is 6.04 Å². The van der Waals surface area contributed by atoms with E-state index in [0.29, 0.717) is 6.54 Å².